The third kappa shape index (κ3) is 19.2. The lowest BCUT2D eigenvalue weighted by Crippen LogP contribution is -2.43. The zero-order valence-corrected chi connectivity index (χ0v) is 34.5. The number of benzene rings is 1. The first-order chi connectivity index (χ1) is 26.1. The van der Waals surface area contributed by atoms with Gasteiger partial charge in [-0.25, -0.2) is 4.79 Å². The van der Waals surface area contributed by atoms with E-state index in [-0.39, 0.29) is 22.5 Å². The molecule has 12 nitrogen and oxygen atoms in total. The predicted molar refractivity (Wildman–Crippen MR) is 212 cm³/mol. The number of halogens is 4. The van der Waals surface area contributed by atoms with E-state index in [1.165, 1.54) is 81.3 Å². The Bertz CT molecular complexity index is 1720. The number of unbranched alkanes of at least 4 members (excludes halogenated alkanes) is 13. The third-order valence-corrected chi connectivity index (χ3v) is 11.2. The molecule has 0 amide bonds. The van der Waals surface area contributed by atoms with Crippen LogP contribution in [0.1, 0.15) is 162 Å². The van der Waals surface area contributed by atoms with Gasteiger partial charge in [-0.3, -0.25) is 23.7 Å². The van der Waals surface area contributed by atoms with Crippen molar-refractivity contribution in [3.8, 4) is 5.75 Å². The molecule has 1 aromatic carbocycles. The predicted octanol–water partition coefficient (Wildman–Crippen LogP) is 9.47. The number of phenols is 1. The number of aromatic carboxylic acids is 1. The maximum Gasteiger partial charge on any atom is 0.432 e. The summed E-state index contributed by atoms with van der Waals surface area (Å²) in [6.45, 7) is 5.29. The summed E-state index contributed by atoms with van der Waals surface area (Å²) in [4.78, 5) is 57.6. The van der Waals surface area contributed by atoms with Crippen LogP contribution in [0.2, 0.25) is 0 Å². The number of hydrogen-bond donors (Lipinski definition) is 6. The van der Waals surface area contributed by atoms with Gasteiger partial charge in [0.2, 0.25) is 10.9 Å². The van der Waals surface area contributed by atoms with Gasteiger partial charge in [0, 0.05) is 0 Å². The van der Waals surface area contributed by atoms with Crippen LogP contribution in [0.15, 0.2) is 35.1 Å². The summed E-state index contributed by atoms with van der Waals surface area (Å²) in [5.41, 5.74) is -5.60. The number of pyridine rings is 1. The number of H-pyrrole nitrogens is 1. The number of aromatic nitrogens is 1. The first-order valence-electron chi connectivity index (χ1n) is 18.5. The van der Waals surface area contributed by atoms with E-state index in [0.29, 0.717) is 12.5 Å². The molecule has 0 bridgehead atoms. The second kappa shape index (κ2) is 26.5. The number of phenolic OH excluding ortho intramolecular Hbond substituents is 1. The van der Waals surface area contributed by atoms with Crippen molar-refractivity contribution in [2.24, 2.45) is 0 Å². The highest BCUT2D eigenvalue weighted by Gasteiger charge is 2.45. The molecule has 0 saturated carbocycles. The largest absolute Gasteiger partial charge is 0.507 e. The van der Waals surface area contributed by atoms with Gasteiger partial charge in [-0.05, 0) is 38.0 Å². The van der Waals surface area contributed by atoms with Crippen LogP contribution in [0.4, 0.5) is 13.2 Å². The fourth-order valence-corrected chi connectivity index (χ4v) is 6.25. The normalized spacial score (nSPS) is 12.9. The van der Waals surface area contributed by atoms with Crippen molar-refractivity contribution in [2.45, 2.75) is 146 Å². The van der Waals surface area contributed by atoms with Gasteiger partial charge < -0.3 is 20.3 Å². The molecule has 318 valence electrons. The molecule has 0 aliphatic heterocycles. The Morgan fingerprint density at radius 1 is 0.804 bits per heavy atom. The quantitative estimate of drug-likeness (QED) is 0.0203. The Hall–Kier alpha value is -3.41. The van der Waals surface area contributed by atoms with Crippen molar-refractivity contribution in [1.82, 2.24) is 4.98 Å². The smallest absolute Gasteiger partial charge is 0.432 e. The summed E-state index contributed by atoms with van der Waals surface area (Å²) in [5.74, 6) is -5.03. The number of para-hydroxylation sites is 1. The number of hydrogen-bond acceptors (Lipinski definition) is 8. The fraction of sp³-hybridized carbons (Fsp3) is 0.605. The molecular formula is C38H55ClF3NO11S2. The molecule has 0 saturated heterocycles. The summed E-state index contributed by atoms with van der Waals surface area (Å²) in [5, 5.41) is 26.9. The lowest BCUT2D eigenvalue weighted by Gasteiger charge is -2.20. The summed E-state index contributed by atoms with van der Waals surface area (Å²) < 4.78 is 67.7. The van der Waals surface area contributed by atoms with Gasteiger partial charge in [0.05, 0.1) is 16.7 Å². The number of alkyl halides is 4. The first-order valence-corrected chi connectivity index (χ1v) is 20.9. The van der Waals surface area contributed by atoms with Crippen molar-refractivity contribution in [1.29, 1.82) is 0 Å². The maximum absolute atomic E-state index is 12.8. The minimum Gasteiger partial charge on any atom is -0.507 e. The highest BCUT2D eigenvalue weighted by molar-refractivity contribution is 7.97. The van der Waals surface area contributed by atoms with Crippen LogP contribution in [-0.2, 0) is 25.9 Å². The van der Waals surface area contributed by atoms with Crippen molar-refractivity contribution in [3.63, 3.8) is 0 Å². The van der Waals surface area contributed by atoms with Crippen LogP contribution in [0.5, 0.6) is 5.75 Å². The number of nitrogens with one attached hydrogen (secondary N) is 1. The third-order valence-electron chi connectivity index (χ3n) is 8.79. The number of ketones is 1. The van der Waals surface area contributed by atoms with Crippen molar-refractivity contribution < 1.29 is 60.6 Å². The van der Waals surface area contributed by atoms with Crippen LogP contribution in [-0.4, -0.2) is 66.2 Å². The topological polar surface area (TPSA) is 216 Å². The average molecular weight is 858 g/mol. The van der Waals surface area contributed by atoms with Gasteiger partial charge in [0.1, 0.15) is 16.8 Å². The highest BCUT2D eigenvalue weighted by atomic mass is 35.5. The summed E-state index contributed by atoms with van der Waals surface area (Å²) in [6, 6.07) is 5.40. The number of aliphatic carboxylic acids is 1. The number of aromatic amines is 1. The molecule has 0 spiro atoms. The Kier molecular flexibility index (Phi) is 24.9. The molecule has 2 aromatic rings. The average Bonchev–Trinajstić information content (AvgIpc) is 3.11. The molecule has 1 heterocycles. The van der Waals surface area contributed by atoms with Crippen LogP contribution in [0, 0.1) is 0 Å². The first kappa shape index (κ1) is 52.6. The molecule has 18 heteroatoms. The van der Waals surface area contributed by atoms with Crippen LogP contribution < -0.4 is 5.56 Å². The summed E-state index contributed by atoms with van der Waals surface area (Å²) >= 11 is 9.05. The lowest BCUT2D eigenvalue weighted by molar-refractivity contribution is -0.142. The van der Waals surface area contributed by atoms with E-state index >= 15 is 0 Å². The Morgan fingerprint density at radius 3 is 1.62 bits per heavy atom. The van der Waals surface area contributed by atoms with Gasteiger partial charge in [-0.2, -0.15) is 21.6 Å². The van der Waals surface area contributed by atoms with Crippen molar-refractivity contribution in [3.05, 3.63) is 63.1 Å². The van der Waals surface area contributed by atoms with Crippen LogP contribution in [0.25, 0.3) is 0 Å². The maximum atomic E-state index is 12.8. The Labute approximate surface area is 336 Å². The number of carbonyl (C=O) groups is 4. The van der Waals surface area contributed by atoms with E-state index in [1.807, 2.05) is 6.92 Å². The second-order valence-corrected chi connectivity index (χ2v) is 16.2. The number of aromatic hydroxyl groups is 1. The molecule has 0 fully saturated rings. The van der Waals surface area contributed by atoms with Gasteiger partial charge in [-0.15, -0.1) is 24.2 Å². The van der Waals surface area contributed by atoms with E-state index in [0.717, 1.165) is 51.2 Å². The molecule has 0 aliphatic carbocycles. The number of thiol groups is 1. The molecule has 2 unspecified atom stereocenters. The lowest BCUT2D eigenvalue weighted by atomic mass is 10.0. The monoisotopic (exact) mass is 857 g/mol. The minimum atomic E-state index is -5.11. The highest BCUT2D eigenvalue weighted by Crippen LogP contribution is 2.30. The molecule has 0 aliphatic rings. The standard InChI is InChI=1S/C19H38O5S.C14H8F3NO5.C5H9ClOS/c1-3-4-5-6-7-8-9-10-11-12-13-14-15-16-17-19(2,18(20)21)25(22,23)24;15-14(16,17)11-8(13(22)23)5-7(12(21)18-11)10(20)6-3-1-2-4-9(6)19;1-2-3-4(6)5(7)8/h3-17H2,1-2H3,(H,20,21)(H,22,23,24);1-5,19H,(H,18,21)(H,22,23);4H,2-3H2,1H3,(H,7,8). The molecular weight excluding hydrogens is 803 g/mol. The van der Waals surface area contributed by atoms with Gasteiger partial charge in [0.25, 0.3) is 15.7 Å². The van der Waals surface area contributed by atoms with Gasteiger partial charge >= 0.3 is 18.1 Å². The SMILES string of the molecule is CCCC(Cl)C(=O)S.CCCCCCCCCCCCCCCCC(C)(C(=O)O)S(=O)(=O)O.O=C(O)c1cc(C(=O)c2ccccc2O)c(=O)[nH]c1C(F)(F)F. The van der Waals surface area contributed by atoms with Gasteiger partial charge in [0.15, 0.2) is 4.75 Å². The van der Waals surface area contributed by atoms with Gasteiger partial charge in [-0.1, -0.05) is 122 Å². The number of carbonyl (C=O) groups excluding carboxylic acids is 2. The van der Waals surface area contributed by atoms with E-state index in [9.17, 15) is 50.7 Å². The van der Waals surface area contributed by atoms with Crippen molar-refractivity contribution in [2.75, 3.05) is 0 Å². The molecule has 0 radical (unpaired) electrons. The van der Waals surface area contributed by atoms with E-state index < -0.39 is 66.9 Å². The van der Waals surface area contributed by atoms with Crippen LogP contribution in [0.3, 0.4) is 0 Å². The molecule has 2 rings (SSSR count). The molecule has 56 heavy (non-hydrogen) atoms. The van der Waals surface area contributed by atoms with Crippen molar-refractivity contribution >= 4 is 57.2 Å². The fourth-order valence-electron chi connectivity index (χ4n) is 5.28. The zero-order chi connectivity index (χ0) is 43.1. The van der Waals surface area contributed by atoms with E-state index in [1.54, 1.807) is 0 Å². The minimum absolute atomic E-state index is 0.0425. The summed E-state index contributed by atoms with van der Waals surface area (Å²) in [6.07, 6.45) is 13.0. The number of carboxylic acid groups (broad SMARTS) is 2. The zero-order valence-electron chi connectivity index (χ0n) is 32.0. The second-order valence-electron chi connectivity index (χ2n) is 13.4. The van der Waals surface area contributed by atoms with Crippen LogP contribution >= 0.6 is 24.2 Å². The molecule has 5 N–H and O–H groups in total. The summed E-state index contributed by atoms with van der Waals surface area (Å²) in [7, 11) is -4.58. The Balaban J connectivity index is 0.000000906. The number of carboxylic acids is 2. The van der Waals surface area contributed by atoms with E-state index in [2.05, 4.69) is 19.6 Å². The van der Waals surface area contributed by atoms with E-state index in [4.69, 9.17) is 26.4 Å². The Morgan fingerprint density at radius 2 is 1.27 bits per heavy atom. The molecule has 1 aromatic heterocycles. The number of rotatable bonds is 23. The molecule has 2 atom stereocenters.